The number of nitrogens with zero attached hydrogens (tertiary/aromatic N) is 6. The summed E-state index contributed by atoms with van der Waals surface area (Å²) in [7, 11) is 3.12. The van der Waals surface area contributed by atoms with Crippen molar-refractivity contribution in [1.29, 1.82) is 0 Å². The lowest BCUT2D eigenvalue weighted by Gasteiger charge is -2.09. The van der Waals surface area contributed by atoms with Gasteiger partial charge in [-0.25, -0.2) is 24.3 Å². The molecule has 0 bridgehead atoms. The molecule has 0 fully saturated rings. The lowest BCUT2D eigenvalue weighted by Crippen LogP contribution is -2.42. The first-order chi connectivity index (χ1) is 14.3. The van der Waals surface area contributed by atoms with Crippen LogP contribution >= 0.6 is 0 Å². The van der Waals surface area contributed by atoms with E-state index in [-0.39, 0.29) is 16.9 Å². The molecule has 4 rings (SSSR count). The van der Waals surface area contributed by atoms with E-state index in [1.165, 1.54) is 47.0 Å². The molecule has 2 N–H and O–H groups in total. The van der Waals surface area contributed by atoms with Gasteiger partial charge in [-0.05, 0) is 12.1 Å². The van der Waals surface area contributed by atoms with Gasteiger partial charge in [-0.15, -0.1) is 0 Å². The highest BCUT2D eigenvalue weighted by molar-refractivity contribution is 5.90. The molecule has 0 unspecified atom stereocenters. The summed E-state index contributed by atoms with van der Waals surface area (Å²) in [5.74, 6) is -0.119. The Hall–Kier alpha value is -4.28. The minimum absolute atomic E-state index is 0.0888. The second-order valence-electron chi connectivity index (χ2n) is 6.65. The average Bonchev–Trinajstić information content (AvgIpc) is 3.12. The van der Waals surface area contributed by atoms with Gasteiger partial charge < -0.3 is 15.0 Å². The number of nitrogens with one attached hydrogen (secondary N) is 1. The number of carbonyl (C=O) groups is 1. The Kier molecular flexibility index (Phi) is 4.62. The smallest absolute Gasteiger partial charge is 0.332 e. The Labute approximate surface area is 168 Å². The van der Waals surface area contributed by atoms with E-state index in [4.69, 9.17) is 0 Å². The number of carbonyl (C=O) groups excluding carboxylic acids is 1. The molecule has 0 spiro atoms. The molecule has 0 saturated carbocycles. The molecule has 4 aromatic rings. The van der Waals surface area contributed by atoms with E-state index in [2.05, 4.69) is 20.3 Å². The van der Waals surface area contributed by atoms with Gasteiger partial charge in [0.2, 0.25) is 5.91 Å². The SMILES string of the molecule is Cn1cnc2c1c(=O)n(CC(=O)Nc1cnc(-c3cccc(O)c3)nc1)c(=O)n2C. The van der Waals surface area contributed by atoms with Gasteiger partial charge in [0.25, 0.3) is 5.56 Å². The summed E-state index contributed by atoms with van der Waals surface area (Å²) in [6.45, 7) is -0.471. The highest BCUT2D eigenvalue weighted by Gasteiger charge is 2.17. The fourth-order valence-corrected chi connectivity index (χ4v) is 3.07. The molecule has 152 valence electrons. The van der Waals surface area contributed by atoms with Crippen molar-refractivity contribution in [2.24, 2.45) is 14.1 Å². The van der Waals surface area contributed by atoms with Crippen LogP contribution in [0.1, 0.15) is 0 Å². The minimum atomic E-state index is -0.642. The van der Waals surface area contributed by atoms with Crippen molar-refractivity contribution < 1.29 is 9.90 Å². The second kappa shape index (κ2) is 7.28. The molecule has 11 nitrogen and oxygen atoms in total. The monoisotopic (exact) mass is 407 g/mol. The number of phenolic OH excluding ortho intramolecular Hbond substituents is 1. The number of phenols is 1. The van der Waals surface area contributed by atoms with Crippen molar-refractivity contribution in [3.05, 3.63) is 63.8 Å². The fraction of sp³-hybridized carbons (Fsp3) is 0.158. The summed E-state index contributed by atoms with van der Waals surface area (Å²) in [4.78, 5) is 49.9. The Morgan fingerprint density at radius 2 is 1.87 bits per heavy atom. The van der Waals surface area contributed by atoms with Crippen LogP contribution in [0.3, 0.4) is 0 Å². The zero-order valence-corrected chi connectivity index (χ0v) is 16.1. The number of anilines is 1. The lowest BCUT2D eigenvalue weighted by molar-refractivity contribution is -0.116. The molecule has 1 amide bonds. The first-order valence-corrected chi connectivity index (χ1v) is 8.87. The zero-order chi connectivity index (χ0) is 21.4. The molecule has 11 heteroatoms. The van der Waals surface area contributed by atoms with E-state index in [0.29, 0.717) is 17.1 Å². The van der Waals surface area contributed by atoms with Gasteiger partial charge >= 0.3 is 5.69 Å². The van der Waals surface area contributed by atoms with Gasteiger partial charge in [0.15, 0.2) is 17.0 Å². The molecule has 3 heterocycles. The van der Waals surface area contributed by atoms with Crippen molar-refractivity contribution in [2.45, 2.75) is 6.54 Å². The topological polar surface area (TPSA) is 137 Å². The van der Waals surface area contributed by atoms with E-state index in [0.717, 1.165) is 4.57 Å². The number of aromatic hydroxyl groups is 1. The van der Waals surface area contributed by atoms with Gasteiger partial charge in [0, 0.05) is 19.7 Å². The average molecular weight is 407 g/mol. The van der Waals surface area contributed by atoms with Crippen molar-refractivity contribution >= 4 is 22.8 Å². The molecule has 0 aliphatic heterocycles. The first-order valence-electron chi connectivity index (χ1n) is 8.87. The lowest BCUT2D eigenvalue weighted by atomic mass is 10.2. The summed E-state index contributed by atoms with van der Waals surface area (Å²) in [5, 5.41) is 12.1. The van der Waals surface area contributed by atoms with E-state index >= 15 is 0 Å². The van der Waals surface area contributed by atoms with Crippen LogP contribution in [0.2, 0.25) is 0 Å². The molecular weight excluding hydrogens is 390 g/mol. The molecule has 30 heavy (non-hydrogen) atoms. The predicted octanol–water partition coefficient (Wildman–Crippen LogP) is 0.235. The summed E-state index contributed by atoms with van der Waals surface area (Å²) in [5.41, 5.74) is 0.155. The predicted molar refractivity (Wildman–Crippen MR) is 108 cm³/mol. The van der Waals surface area contributed by atoms with Crippen LogP contribution < -0.4 is 16.6 Å². The Balaban J connectivity index is 1.56. The van der Waals surface area contributed by atoms with Crippen LogP contribution in [0.4, 0.5) is 5.69 Å². The van der Waals surface area contributed by atoms with Gasteiger partial charge in [0.05, 0.1) is 24.4 Å². The second-order valence-corrected chi connectivity index (χ2v) is 6.65. The van der Waals surface area contributed by atoms with Gasteiger partial charge in [0.1, 0.15) is 12.3 Å². The normalized spacial score (nSPS) is 11.0. The van der Waals surface area contributed by atoms with E-state index in [1.54, 1.807) is 19.2 Å². The first kappa shape index (κ1) is 19.1. The highest BCUT2D eigenvalue weighted by Crippen LogP contribution is 2.20. The zero-order valence-electron chi connectivity index (χ0n) is 16.1. The summed E-state index contributed by atoms with van der Waals surface area (Å²) in [6.07, 6.45) is 4.23. The number of benzene rings is 1. The maximum Gasteiger partial charge on any atom is 0.332 e. The Bertz CT molecular complexity index is 1380. The number of fused-ring (bicyclic) bond motifs is 1. The van der Waals surface area contributed by atoms with E-state index in [1.807, 2.05) is 0 Å². The Morgan fingerprint density at radius 3 is 2.57 bits per heavy atom. The van der Waals surface area contributed by atoms with Crippen LogP contribution in [-0.2, 0) is 25.4 Å². The summed E-state index contributed by atoms with van der Waals surface area (Å²) < 4.78 is 3.57. The van der Waals surface area contributed by atoms with Gasteiger partial charge in [-0.2, -0.15) is 0 Å². The minimum Gasteiger partial charge on any atom is -0.508 e. The van der Waals surface area contributed by atoms with Crippen molar-refractivity contribution in [2.75, 3.05) is 5.32 Å². The van der Waals surface area contributed by atoms with E-state index in [9.17, 15) is 19.5 Å². The number of aryl methyl sites for hydroxylation is 2. The molecule has 0 aliphatic rings. The van der Waals surface area contributed by atoms with Crippen LogP contribution in [-0.4, -0.2) is 39.7 Å². The number of imidazole rings is 1. The standard InChI is InChI=1S/C19H17N7O4/c1-24-10-22-17-15(24)18(29)26(19(30)25(17)2)9-14(28)23-12-7-20-16(21-8-12)11-4-3-5-13(27)6-11/h3-8,10,27H,9H2,1-2H3,(H,23,28). The van der Waals surface area contributed by atoms with Crippen molar-refractivity contribution in [1.82, 2.24) is 28.7 Å². The number of amides is 1. The van der Waals surface area contributed by atoms with Crippen LogP contribution in [0.5, 0.6) is 5.75 Å². The molecule has 0 aliphatic carbocycles. The Morgan fingerprint density at radius 1 is 1.13 bits per heavy atom. The number of rotatable bonds is 4. The number of hydrogen-bond acceptors (Lipinski definition) is 7. The third-order valence-electron chi connectivity index (χ3n) is 4.54. The number of aromatic nitrogens is 6. The van der Waals surface area contributed by atoms with Crippen LogP contribution in [0.15, 0.2) is 52.6 Å². The van der Waals surface area contributed by atoms with Gasteiger partial charge in [-0.1, -0.05) is 12.1 Å². The quantitative estimate of drug-likeness (QED) is 0.494. The van der Waals surface area contributed by atoms with Gasteiger partial charge in [-0.3, -0.25) is 14.2 Å². The molecule has 0 atom stereocenters. The van der Waals surface area contributed by atoms with E-state index < -0.39 is 23.7 Å². The largest absolute Gasteiger partial charge is 0.508 e. The maximum absolute atomic E-state index is 12.7. The fourth-order valence-electron chi connectivity index (χ4n) is 3.07. The molecule has 0 saturated heterocycles. The van der Waals surface area contributed by atoms with Crippen LogP contribution in [0, 0.1) is 0 Å². The van der Waals surface area contributed by atoms with Crippen LogP contribution in [0.25, 0.3) is 22.6 Å². The summed E-state index contributed by atoms with van der Waals surface area (Å²) in [6, 6.07) is 6.46. The number of hydrogen-bond donors (Lipinski definition) is 2. The molecule has 0 radical (unpaired) electrons. The molecule has 3 aromatic heterocycles. The highest BCUT2D eigenvalue weighted by atomic mass is 16.3. The van der Waals surface area contributed by atoms with Crippen molar-refractivity contribution in [3.8, 4) is 17.1 Å². The third-order valence-corrected chi connectivity index (χ3v) is 4.54. The third kappa shape index (κ3) is 3.32. The molecular formula is C19H17N7O4. The maximum atomic E-state index is 12.7. The summed E-state index contributed by atoms with van der Waals surface area (Å²) >= 11 is 0. The van der Waals surface area contributed by atoms with Crippen molar-refractivity contribution in [3.63, 3.8) is 0 Å². The molecule has 1 aromatic carbocycles.